The lowest BCUT2D eigenvalue weighted by molar-refractivity contribution is -0.163. The standard InChI is InChI=1S/C55H75N9O9S/c1-34-27-46(73-34)51(65)58-48-50(62-19-24-70-25-20-62)52-57-44(32-74-52)36-8-11-45-40(28-36)42(30-55(3,4)33-72-54(67)43-7-6-14-64(59-43)53(48)66)49(63(45)21-26-71-39-12-22-69-23-13-39)41-29-38(31-56-47(41)35(2)68-5)61-17-15-60(16-18-61)37-9-10-37/h8,11,28-29,31-32,34-35,37,39,43,46,48,50,59H,6-7,9-10,12-27,30,33H2,1-5H3,(H,58,65)/t34-,35-,43-,46+,48-,50-/m0/s1. The van der Waals surface area contributed by atoms with Gasteiger partial charge in [-0.15, -0.1) is 11.3 Å². The molecule has 3 aromatic heterocycles. The van der Waals surface area contributed by atoms with Crippen LogP contribution in [-0.4, -0.2) is 176 Å². The SMILES string of the molecule is CO[C@@H](C)c1ncc(N2CCN(C3CC3)CC2)cc1-c1c2c3cc(ccc3n1CCOC1CCOCC1)-c1csc(n1)[C@@H](N1CCOCC1)[C@H](NC(=O)[C@H]1C[C@H](C)O1)C(=O)N1CCC[C@H](N1)C(=O)OCC(C)(C)C2. The van der Waals surface area contributed by atoms with Gasteiger partial charge in [-0.3, -0.25) is 34.2 Å². The Hall–Kier alpha value is -4.57. The average Bonchev–Trinajstić information content (AvgIpc) is 4.09. The molecule has 0 radical (unpaired) electrons. The lowest BCUT2D eigenvalue weighted by Gasteiger charge is -2.42. The van der Waals surface area contributed by atoms with Crippen molar-refractivity contribution < 1.29 is 42.8 Å². The maximum absolute atomic E-state index is 15.1. The number of thiazole rings is 1. The third-order valence-corrected chi connectivity index (χ3v) is 17.2. The van der Waals surface area contributed by atoms with Crippen LogP contribution in [0, 0.1) is 5.41 Å². The third-order valence-electron chi connectivity index (χ3n) is 16.3. The Morgan fingerprint density at radius 1 is 0.973 bits per heavy atom. The Labute approximate surface area is 438 Å². The largest absolute Gasteiger partial charge is 0.464 e. The number of fused-ring (bicyclic) bond motifs is 6. The van der Waals surface area contributed by atoms with E-state index in [0.29, 0.717) is 89.9 Å². The van der Waals surface area contributed by atoms with Gasteiger partial charge >= 0.3 is 5.97 Å². The van der Waals surface area contributed by atoms with Gasteiger partial charge in [-0.1, -0.05) is 19.9 Å². The highest BCUT2D eigenvalue weighted by atomic mass is 32.1. The van der Waals surface area contributed by atoms with Crippen molar-refractivity contribution in [1.82, 2.24) is 40.1 Å². The van der Waals surface area contributed by atoms with Crippen LogP contribution in [0.4, 0.5) is 5.69 Å². The molecule has 4 aromatic rings. The molecule has 6 atom stereocenters. The molecule has 6 bridgehead atoms. The summed E-state index contributed by atoms with van der Waals surface area (Å²) in [6, 6.07) is 7.20. The summed E-state index contributed by atoms with van der Waals surface area (Å²) in [5.41, 5.74) is 10.5. The summed E-state index contributed by atoms with van der Waals surface area (Å²) >= 11 is 1.48. The summed E-state index contributed by atoms with van der Waals surface area (Å²) < 4.78 is 38.9. The second-order valence-electron chi connectivity index (χ2n) is 22.2. The van der Waals surface area contributed by atoms with E-state index in [1.807, 2.05) is 13.1 Å². The van der Waals surface area contributed by atoms with Crippen molar-refractivity contribution in [3.63, 3.8) is 0 Å². The van der Waals surface area contributed by atoms with Crippen LogP contribution in [0.15, 0.2) is 35.8 Å². The number of piperazine rings is 1. The fourth-order valence-corrected chi connectivity index (χ4v) is 12.9. The Morgan fingerprint density at radius 3 is 2.49 bits per heavy atom. The first-order valence-electron chi connectivity index (χ1n) is 27.3. The number of methoxy groups -OCH3 is 1. The number of morpholine rings is 1. The van der Waals surface area contributed by atoms with Gasteiger partial charge in [-0.05, 0) is 82.6 Å². The summed E-state index contributed by atoms with van der Waals surface area (Å²) in [4.78, 5) is 61.4. The number of hydrogen-bond acceptors (Lipinski definition) is 16. The molecule has 74 heavy (non-hydrogen) atoms. The number of benzene rings is 1. The van der Waals surface area contributed by atoms with Crippen molar-refractivity contribution in [3.8, 4) is 22.5 Å². The van der Waals surface area contributed by atoms with Crippen LogP contribution in [0.25, 0.3) is 33.4 Å². The minimum atomic E-state index is -1.05. The summed E-state index contributed by atoms with van der Waals surface area (Å²) in [7, 11) is 1.74. The van der Waals surface area contributed by atoms with Gasteiger partial charge in [0, 0.05) is 118 Å². The lowest BCUT2D eigenvalue weighted by atomic mass is 9.84. The van der Waals surface area contributed by atoms with Crippen LogP contribution in [0.3, 0.4) is 0 Å². The van der Waals surface area contributed by atoms with E-state index in [9.17, 15) is 9.59 Å². The number of cyclic esters (lactones) is 1. The number of nitrogens with zero attached hydrogens (tertiary/aromatic N) is 7. The van der Waals surface area contributed by atoms with Gasteiger partial charge in [0.25, 0.3) is 5.91 Å². The van der Waals surface area contributed by atoms with Crippen molar-refractivity contribution in [3.05, 3.63) is 52.1 Å². The molecule has 2 N–H and O–H groups in total. The van der Waals surface area contributed by atoms with Gasteiger partial charge in [0.1, 0.15) is 23.2 Å². The van der Waals surface area contributed by atoms with Crippen molar-refractivity contribution in [2.45, 2.75) is 134 Å². The van der Waals surface area contributed by atoms with Crippen molar-refractivity contribution >= 4 is 45.7 Å². The fourth-order valence-electron chi connectivity index (χ4n) is 11.9. The minimum absolute atomic E-state index is 0.0457. The molecule has 9 heterocycles. The lowest BCUT2D eigenvalue weighted by Crippen LogP contribution is -2.64. The number of rotatable bonds is 12. The number of anilines is 1. The van der Waals surface area contributed by atoms with E-state index < -0.39 is 35.6 Å². The monoisotopic (exact) mass is 1040 g/mol. The van der Waals surface area contributed by atoms with E-state index in [0.717, 1.165) is 95.4 Å². The molecule has 7 aliphatic rings. The summed E-state index contributed by atoms with van der Waals surface area (Å²) in [6.45, 7) is 17.2. The molecule has 19 heteroatoms. The van der Waals surface area contributed by atoms with Crippen LogP contribution in [0.2, 0.25) is 0 Å². The fraction of sp³-hybridized carbons (Fsp3) is 0.655. The number of amides is 2. The smallest absolute Gasteiger partial charge is 0.324 e. The van der Waals surface area contributed by atoms with Gasteiger partial charge < -0.3 is 43.2 Å². The van der Waals surface area contributed by atoms with Crippen LogP contribution >= 0.6 is 11.3 Å². The number of ether oxygens (including phenoxy) is 6. The Morgan fingerprint density at radius 2 is 1.74 bits per heavy atom. The van der Waals surface area contributed by atoms with Crippen LogP contribution in [0.1, 0.15) is 101 Å². The second-order valence-corrected chi connectivity index (χ2v) is 23.1. The first-order valence-corrected chi connectivity index (χ1v) is 28.1. The number of hydrazine groups is 1. The number of carbonyl (C=O) groups excluding carboxylic acids is 3. The molecule has 1 saturated carbocycles. The van der Waals surface area contributed by atoms with E-state index >= 15 is 4.79 Å². The van der Waals surface area contributed by atoms with Crippen LogP contribution in [-0.2, 0) is 55.8 Å². The number of aromatic nitrogens is 3. The van der Waals surface area contributed by atoms with Crippen LogP contribution in [0.5, 0.6) is 0 Å². The molecule has 1 aromatic carbocycles. The molecule has 2 amide bonds. The molecular formula is C55H75N9O9S. The number of esters is 1. The molecule has 400 valence electrons. The Balaban J connectivity index is 1.06. The zero-order valence-electron chi connectivity index (χ0n) is 43.9. The van der Waals surface area contributed by atoms with E-state index in [1.54, 1.807) is 7.11 Å². The highest BCUT2D eigenvalue weighted by Gasteiger charge is 2.45. The molecular weight excluding hydrogens is 963 g/mol. The first-order chi connectivity index (χ1) is 35.9. The van der Waals surface area contributed by atoms with Gasteiger partial charge in [0.15, 0.2) is 0 Å². The van der Waals surface area contributed by atoms with E-state index in [-0.39, 0.29) is 36.7 Å². The third kappa shape index (κ3) is 11.0. The summed E-state index contributed by atoms with van der Waals surface area (Å²) in [5.74, 6) is -1.11. The highest BCUT2D eigenvalue weighted by molar-refractivity contribution is 7.10. The van der Waals surface area contributed by atoms with Gasteiger partial charge in [-0.2, -0.15) is 0 Å². The van der Waals surface area contributed by atoms with Crippen LogP contribution < -0.4 is 15.6 Å². The molecule has 0 unspecified atom stereocenters. The first kappa shape index (κ1) is 51.5. The number of hydrogen-bond donors (Lipinski definition) is 2. The maximum Gasteiger partial charge on any atom is 0.324 e. The zero-order chi connectivity index (χ0) is 51.1. The molecule has 11 rings (SSSR count). The number of nitrogens with one attached hydrogen (secondary N) is 2. The summed E-state index contributed by atoms with van der Waals surface area (Å²) in [5, 5.41) is 8.48. The predicted molar refractivity (Wildman–Crippen MR) is 281 cm³/mol. The maximum atomic E-state index is 15.1. The second kappa shape index (κ2) is 22.2. The average molecular weight is 1040 g/mol. The number of pyridine rings is 1. The summed E-state index contributed by atoms with van der Waals surface area (Å²) in [6.07, 6.45) is 7.63. The quantitative estimate of drug-likeness (QED) is 0.166. The molecule has 1 aliphatic carbocycles. The normalized spacial score (nSPS) is 27.1. The van der Waals surface area contributed by atoms with E-state index in [4.69, 9.17) is 38.4 Å². The molecule has 5 saturated heterocycles. The predicted octanol–water partition coefficient (Wildman–Crippen LogP) is 5.67. The Bertz CT molecular complexity index is 2650. The number of carbonyl (C=O) groups is 3. The molecule has 6 aliphatic heterocycles. The van der Waals surface area contributed by atoms with E-state index in [1.165, 1.54) is 29.2 Å². The Kier molecular flexibility index (Phi) is 15.4. The van der Waals surface area contributed by atoms with Crippen molar-refractivity contribution in [1.29, 1.82) is 0 Å². The van der Waals surface area contributed by atoms with Gasteiger partial charge in [-0.25, -0.2) is 10.4 Å². The zero-order valence-corrected chi connectivity index (χ0v) is 44.7. The van der Waals surface area contributed by atoms with E-state index in [2.05, 4.69) is 80.4 Å². The van der Waals surface area contributed by atoms with Gasteiger partial charge in [0.05, 0.1) is 79.7 Å². The topological polar surface area (TPSA) is 174 Å². The van der Waals surface area contributed by atoms with Crippen molar-refractivity contribution in [2.75, 3.05) is 97.5 Å². The van der Waals surface area contributed by atoms with Gasteiger partial charge in [0.2, 0.25) is 5.91 Å². The molecule has 18 nitrogen and oxygen atoms in total. The minimum Gasteiger partial charge on any atom is -0.464 e. The molecule has 0 spiro atoms. The highest BCUT2D eigenvalue weighted by Crippen LogP contribution is 2.44. The molecule has 6 fully saturated rings. The van der Waals surface area contributed by atoms with Crippen molar-refractivity contribution in [2.24, 2.45) is 5.41 Å².